The number of hydrogen-bond donors (Lipinski definition) is 2. The molecule has 1 aliphatic rings. The summed E-state index contributed by atoms with van der Waals surface area (Å²) in [6, 6.07) is 3.98. The fourth-order valence-corrected chi connectivity index (χ4v) is 2.16. The molecular formula is C12H18N4O. The largest absolute Gasteiger partial charge is 0.355 e. The average molecular weight is 234 g/mol. The van der Waals surface area contributed by atoms with Crippen molar-refractivity contribution < 1.29 is 4.79 Å². The van der Waals surface area contributed by atoms with Crippen LogP contribution in [0.25, 0.3) is 0 Å². The Kier molecular flexibility index (Phi) is 4.06. The molecule has 1 aromatic rings. The minimum atomic E-state index is 0.0739. The van der Waals surface area contributed by atoms with Gasteiger partial charge in [-0.15, -0.1) is 0 Å². The number of aromatic nitrogens is 1. The lowest BCUT2D eigenvalue weighted by molar-refractivity contribution is -0.121. The minimum Gasteiger partial charge on any atom is -0.355 e. The molecule has 0 aliphatic carbocycles. The van der Waals surface area contributed by atoms with Crippen LogP contribution in [-0.4, -0.2) is 42.0 Å². The Bertz CT molecular complexity index is 368. The summed E-state index contributed by atoms with van der Waals surface area (Å²) in [5.41, 5.74) is 6.90. The van der Waals surface area contributed by atoms with Gasteiger partial charge in [0.25, 0.3) is 0 Å². The highest BCUT2D eigenvalue weighted by Crippen LogP contribution is 2.19. The lowest BCUT2D eigenvalue weighted by atomic mass is 10.1. The second-order valence-electron chi connectivity index (χ2n) is 4.21. The summed E-state index contributed by atoms with van der Waals surface area (Å²) in [4.78, 5) is 17.8. The maximum absolute atomic E-state index is 11.5. The third-order valence-corrected chi connectivity index (χ3v) is 3.02. The van der Waals surface area contributed by atoms with E-state index < -0.39 is 0 Å². The van der Waals surface area contributed by atoms with Gasteiger partial charge in [0.2, 0.25) is 5.91 Å². The van der Waals surface area contributed by atoms with Crippen molar-refractivity contribution in [3.05, 3.63) is 30.1 Å². The highest BCUT2D eigenvalue weighted by molar-refractivity contribution is 5.78. The van der Waals surface area contributed by atoms with Crippen LogP contribution in [-0.2, 0) is 4.79 Å². The Balaban J connectivity index is 2.14. The van der Waals surface area contributed by atoms with E-state index >= 15 is 0 Å². The first-order chi connectivity index (χ1) is 8.31. The number of amides is 1. The van der Waals surface area contributed by atoms with E-state index in [-0.39, 0.29) is 11.9 Å². The van der Waals surface area contributed by atoms with E-state index in [0.717, 1.165) is 25.1 Å². The molecule has 0 bridgehead atoms. The smallest absolute Gasteiger partial charge is 0.234 e. The van der Waals surface area contributed by atoms with Crippen LogP contribution in [0.5, 0.6) is 0 Å². The zero-order chi connectivity index (χ0) is 12.1. The Morgan fingerprint density at radius 2 is 2.47 bits per heavy atom. The summed E-state index contributed by atoms with van der Waals surface area (Å²) in [5.74, 6) is 0.0739. The van der Waals surface area contributed by atoms with E-state index in [1.165, 1.54) is 0 Å². The third kappa shape index (κ3) is 3.01. The maximum atomic E-state index is 11.5. The van der Waals surface area contributed by atoms with Crippen LogP contribution in [0.15, 0.2) is 24.5 Å². The number of nitrogens with zero attached hydrogens (tertiary/aromatic N) is 2. The van der Waals surface area contributed by atoms with Crippen molar-refractivity contribution in [2.24, 2.45) is 5.73 Å². The summed E-state index contributed by atoms with van der Waals surface area (Å²) in [6.45, 7) is 2.55. The first kappa shape index (κ1) is 12.0. The van der Waals surface area contributed by atoms with E-state index in [2.05, 4.69) is 15.2 Å². The number of rotatable bonds is 3. The minimum absolute atomic E-state index is 0.0739. The monoisotopic (exact) mass is 234 g/mol. The number of carbonyl (C=O) groups excluding carboxylic acids is 1. The zero-order valence-electron chi connectivity index (χ0n) is 9.80. The van der Waals surface area contributed by atoms with Gasteiger partial charge in [-0.05, 0) is 18.1 Å². The molecule has 2 heterocycles. The highest BCUT2D eigenvalue weighted by Gasteiger charge is 2.23. The van der Waals surface area contributed by atoms with E-state index in [0.29, 0.717) is 13.1 Å². The van der Waals surface area contributed by atoms with Gasteiger partial charge in [0, 0.05) is 38.1 Å². The van der Waals surface area contributed by atoms with Gasteiger partial charge in [0.05, 0.1) is 6.54 Å². The first-order valence-corrected chi connectivity index (χ1v) is 5.92. The molecule has 1 aromatic heterocycles. The fraction of sp³-hybridized carbons (Fsp3) is 0.500. The van der Waals surface area contributed by atoms with Gasteiger partial charge >= 0.3 is 0 Å². The lowest BCUT2D eigenvalue weighted by Crippen LogP contribution is -2.38. The van der Waals surface area contributed by atoms with Crippen molar-refractivity contribution in [3.63, 3.8) is 0 Å². The number of nitrogens with one attached hydrogen (secondary N) is 1. The molecule has 2 rings (SSSR count). The summed E-state index contributed by atoms with van der Waals surface area (Å²) >= 11 is 0. The summed E-state index contributed by atoms with van der Waals surface area (Å²) in [7, 11) is 0. The normalized spacial score (nSPS) is 19.5. The summed E-state index contributed by atoms with van der Waals surface area (Å²) in [5, 5.41) is 2.87. The third-order valence-electron chi connectivity index (χ3n) is 3.02. The van der Waals surface area contributed by atoms with Crippen LogP contribution < -0.4 is 11.1 Å². The van der Waals surface area contributed by atoms with Gasteiger partial charge in [0.15, 0.2) is 0 Å². The van der Waals surface area contributed by atoms with Crippen molar-refractivity contribution in [1.29, 1.82) is 0 Å². The molecule has 5 heteroatoms. The van der Waals surface area contributed by atoms with Crippen LogP contribution in [0, 0.1) is 0 Å². The van der Waals surface area contributed by atoms with E-state index in [9.17, 15) is 4.79 Å². The van der Waals surface area contributed by atoms with Crippen LogP contribution in [0.4, 0.5) is 0 Å². The molecule has 1 saturated heterocycles. The van der Waals surface area contributed by atoms with Crippen molar-refractivity contribution in [2.75, 3.05) is 26.2 Å². The molecule has 1 unspecified atom stereocenters. The predicted octanol–water partition coefficient (Wildman–Crippen LogP) is -0.0967. The van der Waals surface area contributed by atoms with Gasteiger partial charge in [-0.25, -0.2) is 0 Å². The molecule has 1 aliphatic heterocycles. The van der Waals surface area contributed by atoms with E-state index in [1.54, 1.807) is 6.20 Å². The van der Waals surface area contributed by atoms with Gasteiger partial charge in [-0.3, -0.25) is 14.7 Å². The maximum Gasteiger partial charge on any atom is 0.234 e. The molecule has 0 aromatic carbocycles. The van der Waals surface area contributed by atoms with Crippen LogP contribution >= 0.6 is 0 Å². The molecule has 92 valence electrons. The van der Waals surface area contributed by atoms with Crippen molar-refractivity contribution in [1.82, 2.24) is 15.2 Å². The van der Waals surface area contributed by atoms with Gasteiger partial charge < -0.3 is 11.1 Å². The Labute approximate surface area is 101 Å². The molecule has 1 amide bonds. The molecule has 0 spiro atoms. The Morgan fingerprint density at radius 3 is 3.18 bits per heavy atom. The molecule has 3 N–H and O–H groups in total. The number of pyridine rings is 1. The molecule has 0 saturated carbocycles. The second-order valence-corrected chi connectivity index (χ2v) is 4.21. The van der Waals surface area contributed by atoms with Gasteiger partial charge in [-0.2, -0.15) is 0 Å². The Hall–Kier alpha value is -1.46. The summed E-state index contributed by atoms with van der Waals surface area (Å²) < 4.78 is 0. The number of carbonyl (C=O) groups is 1. The standard InChI is InChI=1S/C12H18N4O/c13-7-11(10-3-1-4-14-8-10)16-6-2-5-15-12(17)9-16/h1,3-4,8,11H,2,5-7,9,13H2,(H,15,17). The number of nitrogens with two attached hydrogens (primary N) is 1. The molecular weight excluding hydrogens is 216 g/mol. The first-order valence-electron chi connectivity index (χ1n) is 5.92. The Morgan fingerprint density at radius 1 is 1.59 bits per heavy atom. The molecule has 17 heavy (non-hydrogen) atoms. The molecule has 1 atom stereocenters. The van der Waals surface area contributed by atoms with E-state index in [4.69, 9.17) is 5.73 Å². The lowest BCUT2D eigenvalue weighted by Gasteiger charge is -2.28. The second kappa shape index (κ2) is 5.75. The number of hydrogen-bond acceptors (Lipinski definition) is 4. The average Bonchev–Trinajstić information content (AvgIpc) is 2.56. The van der Waals surface area contributed by atoms with Gasteiger partial charge in [-0.1, -0.05) is 6.07 Å². The quantitative estimate of drug-likeness (QED) is 0.766. The highest BCUT2D eigenvalue weighted by atomic mass is 16.2. The fourth-order valence-electron chi connectivity index (χ4n) is 2.16. The van der Waals surface area contributed by atoms with Crippen molar-refractivity contribution in [2.45, 2.75) is 12.5 Å². The SMILES string of the molecule is NCC(c1cccnc1)N1CCCNC(=O)C1. The van der Waals surface area contributed by atoms with Gasteiger partial charge in [0.1, 0.15) is 0 Å². The van der Waals surface area contributed by atoms with E-state index in [1.807, 2.05) is 18.3 Å². The molecule has 5 nitrogen and oxygen atoms in total. The van der Waals surface area contributed by atoms with Crippen molar-refractivity contribution in [3.8, 4) is 0 Å². The van der Waals surface area contributed by atoms with Crippen LogP contribution in [0.3, 0.4) is 0 Å². The van der Waals surface area contributed by atoms with Crippen LogP contribution in [0.2, 0.25) is 0 Å². The molecule has 0 radical (unpaired) electrons. The predicted molar refractivity (Wildman–Crippen MR) is 65.2 cm³/mol. The van der Waals surface area contributed by atoms with Crippen molar-refractivity contribution >= 4 is 5.91 Å². The topological polar surface area (TPSA) is 71.2 Å². The molecule has 1 fully saturated rings. The van der Waals surface area contributed by atoms with Crippen LogP contribution in [0.1, 0.15) is 18.0 Å². The zero-order valence-corrected chi connectivity index (χ0v) is 9.80. The summed E-state index contributed by atoms with van der Waals surface area (Å²) in [6.07, 6.45) is 4.52.